The number of pyridine rings is 1. The molecule has 1 aliphatic heterocycles. The summed E-state index contributed by atoms with van der Waals surface area (Å²) in [7, 11) is 1.04. The van der Waals surface area contributed by atoms with Gasteiger partial charge >= 0.3 is 0 Å². The van der Waals surface area contributed by atoms with Gasteiger partial charge in [-0.3, -0.25) is 9.00 Å². The van der Waals surface area contributed by atoms with Gasteiger partial charge < -0.3 is 10.2 Å². The minimum Gasteiger partial charge on any atom is -0.367 e. The lowest BCUT2D eigenvalue weighted by atomic mass is 10.0. The zero-order valence-electron chi connectivity index (χ0n) is 16.9. The fraction of sp³-hybridized carbons (Fsp3) is 0.455. The predicted molar refractivity (Wildman–Crippen MR) is 118 cm³/mol. The third-order valence-corrected chi connectivity index (χ3v) is 7.59. The maximum absolute atomic E-state index is 14.2. The lowest BCUT2D eigenvalue weighted by Gasteiger charge is -2.26. The van der Waals surface area contributed by atoms with Gasteiger partial charge in [0.05, 0.1) is 5.02 Å². The van der Waals surface area contributed by atoms with Gasteiger partial charge in [0.25, 0.3) is 0 Å². The SMILES string of the molecule is CN(Cc1ccc(NC2Cc3ccc(Cl)c(F)c3C2)nc1)C(=O)C1CCS(=O)CC1. The highest BCUT2D eigenvalue weighted by molar-refractivity contribution is 7.85. The van der Waals surface area contributed by atoms with Crippen LogP contribution >= 0.6 is 11.6 Å². The Balaban J connectivity index is 1.32. The number of halogens is 2. The van der Waals surface area contributed by atoms with Crippen LogP contribution in [-0.2, 0) is 35.0 Å². The molecule has 0 radical (unpaired) electrons. The molecule has 160 valence electrons. The van der Waals surface area contributed by atoms with E-state index in [1.165, 1.54) is 0 Å². The third-order valence-electron chi connectivity index (χ3n) is 5.92. The number of amides is 1. The van der Waals surface area contributed by atoms with Crippen molar-refractivity contribution in [2.45, 2.75) is 38.3 Å². The van der Waals surface area contributed by atoms with Gasteiger partial charge in [-0.15, -0.1) is 0 Å². The highest BCUT2D eigenvalue weighted by Crippen LogP contribution is 2.30. The number of carbonyl (C=O) groups is 1. The molecule has 2 aromatic rings. The minimum atomic E-state index is -0.764. The van der Waals surface area contributed by atoms with E-state index in [0.717, 1.165) is 23.4 Å². The van der Waals surface area contributed by atoms with Crippen LogP contribution in [0.2, 0.25) is 5.02 Å². The fourth-order valence-electron chi connectivity index (χ4n) is 4.25. The number of benzene rings is 1. The van der Waals surface area contributed by atoms with Crippen LogP contribution in [0.15, 0.2) is 30.5 Å². The van der Waals surface area contributed by atoms with E-state index < -0.39 is 10.8 Å². The molecule has 1 N–H and O–H groups in total. The first-order valence-corrected chi connectivity index (χ1v) is 12.0. The van der Waals surface area contributed by atoms with E-state index in [2.05, 4.69) is 10.3 Å². The van der Waals surface area contributed by atoms with Crippen LogP contribution in [0.4, 0.5) is 10.2 Å². The number of fused-ring (bicyclic) bond motifs is 1. The van der Waals surface area contributed by atoms with Crippen molar-refractivity contribution >= 4 is 34.1 Å². The van der Waals surface area contributed by atoms with E-state index >= 15 is 0 Å². The second kappa shape index (κ2) is 9.02. The number of carbonyl (C=O) groups excluding carboxylic acids is 1. The quantitative estimate of drug-likeness (QED) is 0.758. The topological polar surface area (TPSA) is 62.3 Å². The molecule has 1 amide bonds. The van der Waals surface area contributed by atoms with Gasteiger partial charge in [0, 0.05) is 54.1 Å². The highest BCUT2D eigenvalue weighted by atomic mass is 35.5. The van der Waals surface area contributed by atoms with E-state index in [4.69, 9.17) is 11.6 Å². The summed E-state index contributed by atoms with van der Waals surface area (Å²) in [6.07, 6.45) is 4.48. The lowest BCUT2D eigenvalue weighted by molar-refractivity contribution is -0.135. The predicted octanol–water partition coefficient (Wildman–Crippen LogP) is 3.57. The van der Waals surface area contributed by atoms with Crippen molar-refractivity contribution < 1.29 is 13.4 Å². The molecule has 30 heavy (non-hydrogen) atoms. The Bertz CT molecular complexity index is 960. The Hall–Kier alpha value is -1.99. The number of anilines is 1. The Morgan fingerprint density at radius 2 is 2.03 bits per heavy atom. The van der Waals surface area contributed by atoms with Crippen LogP contribution in [0.3, 0.4) is 0 Å². The second-order valence-corrected chi connectivity index (χ2v) is 10.2. The molecule has 1 aliphatic carbocycles. The summed E-state index contributed by atoms with van der Waals surface area (Å²) in [6, 6.07) is 7.41. The molecule has 5 nitrogen and oxygen atoms in total. The number of nitrogens with one attached hydrogen (secondary N) is 1. The molecular weight excluding hydrogens is 425 g/mol. The fourth-order valence-corrected chi connectivity index (χ4v) is 5.72. The minimum absolute atomic E-state index is 0.0282. The van der Waals surface area contributed by atoms with Crippen LogP contribution in [0.1, 0.15) is 29.5 Å². The largest absolute Gasteiger partial charge is 0.367 e. The molecule has 1 unspecified atom stereocenters. The van der Waals surface area contributed by atoms with E-state index in [-0.39, 0.29) is 28.7 Å². The Morgan fingerprint density at radius 3 is 2.73 bits per heavy atom. The first kappa shape index (κ1) is 21.2. The molecule has 8 heteroatoms. The van der Waals surface area contributed by atoms with Crippen molar-refractivity contribution in [3.63, 3.8) is 0 Å². The smallest absolute Gasteiger partial charge is 0.225 e. The summed E-state index contributed by atoms with van der Waals surface area (Å²) >= 11 is 5.89. The molecule has 1 atom stereocenters. The average molecular weight is 450 g/mol. The molecule has 0 saturated carbocycles. The van der Waals surface area contributed by atoms with Gasteiger partial charge in [-0.25, -0.2) is 9.37 Å². The Kier molecular flexibility index (Phi) is 6.39. The maximum atomic E-state index is 14.2. The van der Waals surface area contributed by atoms with E-state index in [0.29, 0.717) is 42.9 Å². The van der Waals surface area contributed by atoms with Crippen molar-refractivity contribution in [3.8, 4) is 0 Å². The van der Waals surface area contributed by atoms with Gasteiger partial charge in [-0.05, 0) is 54.5 Å². The molecule has 1 saturated heterocycles. The molecule has 4 rings (SSSR count). The monoisotopic (exact) mass is 449 g/mol. The molecule has 2 aliphatic rings. The van der Waals surface area contributed by atoms with Crippen molar-refractivity contribution in [3.05, 3.63) is 58.0 Å². The number of nitrogens with zero attached hydrogens (tertiary/aromatic N) is 2. The van der Waals surface area contributed by atoms with Gasteiger partial charge in [0.15, 0.2) is 0 Å². The van der Waals surface area contributed by atoms with Crippen molar-refractivity contribution in [2.75, 3.05) is 23.9 Å². The zero-order chi connectivity index (χ0) is 21.3. The van der Waals surface area contributed by atoms with Gasteiger partial charge in [-0.1, -0.05) is 23.7 Å². The third kappa shape index (κ3) is 4.67. The highest BCUT2D eigenvalue weighted by Gasteiger charge is 2.27. The number of hydrogen-bond acceptors (Lipinski definition) is 4. The van der Waals surface area contributed by atoms with Gasteiger partial charge in [0.1, 0.15) is 11.6 Å². The standard InChI is InChI=1S/C22H25ClFN3O2S/c1-27(22(28)15-6-8-30(29)9-7-15)13-14-2-5-20(25-12-14)26-17-10-16-3-4-19(23)21(24)18(16)11-17/h2-5,12,15,17H,6-11,13H2,1H3,(H,25,26). The summed E-state index contributed by atoms with van der Waals surface area (Å²) in [5.74, 6) is 1.73. The first-order chi connectivity index (χ1) is 14.4. The van der Waals surface area contributed by atoms with Crippen LogP contribution in [0, 0.1) is 11.7 Å². The van der Waals surface area contributed by atoms with Crippen molar-refractivity contribution in [1.29, 1.82) is 0 Å². The second-order valence-electron chi connectivity index (χ2n) is 8.12. The van der Waals surface area contributed by atoms with Gasteiger partial charge in [0.2, 0.25) is 5.91 Å². The summed E-state index contributed by atoms with van der Waals surface area (Å²) in [6.45, 7) is 0.490. The average Bonchev–Trinajstić information content (AvgIpc) is 3.15. The zero-order valence-corrected chi connectivity index (χ0v) is 18.4. The van der Waals surface area contributed by atoms with Crippen molar-refractivity contribution in [1.82, 2.24) is 9.88 Å². The Morgan fingerprint density at radius 1 is 1.27 bits per heavy atom. The van der Waals surface area contributed by atoms with Crippen LogP contribution in [0.5, 0.6) is 0 Å². The molecule has 1 aromatic heterocycles. The van der Waals surface area contributed by atoms with Crippen molar-refractivity contribution in [2.24, 2.45) is 5.92 Å². The molecule has 0 spiro atoms. The van der Waals surface area contributed by atoms with E-state index in [1.807, 2.05) is 18.2 Å². The summed E-state index contributed by atoms with van der Waals surface area (Å²) in [5.41, 5.74) is 2.62. The summed E-state index contributed by atoms with van der Waals surface area (Å²) in [4.78, 5) is 18.8. The molecular formula is C22H25ClFN3O2S. The lowest BCUT2D eigenvalue weighted by Crippen LogP contribution is -2.36. The summed E-state index contributed by atoms with van der Waals surface area (Å²) in [5, 5.41) is 3.53. The van der Waals surface area contributed by atoms with E-state index in [9.17, 15) is 13.4 Å². The van der Waals surface area contributed by atoms with Crippen LogP contribution < -0.4 is 5.32 Å². The molecule has 1 fully saturated rings. The van der Waals surface area contributed by atoms with Crippen LogP contribution in [0.25, 0.3) is 0 Å². The number of hydrogen-bond donors (Lipinski definition) is 1. The number of aromatic nitrogens is 1. The van der Waals surface area contributed by atoms with Crippen LogP contribution in [-0.4, -0.2) is 44.6 Å². The molecule has 0 bridgehead atoms. The number of rotatable bonds is 5. The molecule has 1 aromatic carbocycles. The first-order valence-electron chi connectivity index (χ1n) is 10.2. The normalized spacial score (nSPS) is 23.1. The van der Waals surface area contributed by atoms with Gasteiger partial charge in [-0.2, -0.15) is 0 Å². The molecule has 2 heterocycles. The summed E-state index contributed by atoms with van der Waals surface area (Å²) < 4.78 is 25.7. The Labute approximate surface area is 183 Å². The maximum Gasteiger partial charge on any atom is 0.225 e. The van der Waals surface area contributed by atoms with E-state index in [1.54, 1.807) is 24.2 Å².